The largest absolute Gasteiger partial charge is 0.389 e. The van der Waals surface area contributed by atoms with E-state index in [1.54, 1.807) is 26.1 Å². The molecule has 4 heteroatoms. The Hall–Kier alpha value is -1.94. The van der Waals surface area contributed by atoms with E-state index in [4.69, 9.17) is 0 Å². The molecule has 2 rings (SSSR count). The molecule has 0 atom stereocenters. The fourth-order valence-electron chi connectivity index (χ4n) is 1.68. The summed E-state index contributed by atoms with van der Waals surface area (Å²) in [6, 6.07) is 9.21. The molecule has 0 unspecified atom stereocenters. The Labute approximate surface area is 106 Å². The van der Waals surface area contributed by atoms with Gasteiger partial charge >= 0.3 is 0 Å². The number of pyridine rings is 1. The summed E-state index contributed by atoms with van der Waals surface area (Å²) in [7, 11) is 0. The first-order valence-electron chi connectivity index (χ1n) is 5.82. The van der Waals surface area contributed by atoms with Crippen LogP contribution in [-0.4, -0.2) is 28.1 Å². The van der Waals surface area contributed by atoms with Gasteiger partial charge in [-0.2, -0.15) is 0 Å². The van der Waals surface area contributed by atoms with Crippen LogP contribution in [0.2, 0.25) is 0 Å². The van der Waals surface area contributed by atoms with Gasteiger partial charge in [0.2, 0.25) is 0 Å². The Bertz CT molecular complexity index is 568. The molecule has 18 heavy (non-hydrogen) atoms. The number of para-hydroxylation sites is 1. The molecule has 0 fully saturated rings. The van der Waals surface area contributed by atoms with Gasteiger partial charge in [0.1, 0.15) is 0 Å². The van der Waals surface area contributed by atoms with Crippen molar-refractivity contribution in [1.82, 2.24) is 10.3 Å². The SMILES string of the molecule is CC(C)(O)CNC(=O)c1cccc2cccnc12. The summed E-state index contributed by atoms with van der Waals surface area (Å²) in [5.74, 6) is -0.221. The average Bonchev–Trinajstić information content (AvgIpc) is 2.34. The van der Waals surface area contributed by atoms with E-state index in [-0.39, 0.29) is 12.5 Å². The van der Waals surface area contributed by atoms with Crippen LogP contribution in [0.25, 0.3) is 10.9 Å². The van der Waals surface area contributed by atoms with Gasteiger partial charge in [-0.05, 0) is 26.0 Å². The number of aliphatic hydroxyl groups is 1. The van der Waals surface area contributed by atoms with Crippen molar-refractivity contribution in [1.29, 1.82) is 0 Å². The average molecular weight is 244 g/mol. The lowest BCUT2D eigenvalue weighted by Crippen LogP contribution is -2.38. The van der Waals surface area contributed by atoms with E-state index in [1.807, 2.05) is 24.3 Å². The van der Waals surface area contributed by atoms with Crippen LogP contribution in [0, 0.1) is 0 Å². The summed E-state index contributed by atoms with van der Waals surface area (Å²) >= 11 is 0. The normalized spacial score (nSPS) is 11.5. The van der Waals surface area contributed by atoms with Crippen molar-refractivity contribution in [2.75, 3.05) is 6.54 Å². The summed E-state index contributed by atoms with van der Waals surface area (Å²) < 4.78 is 0. The second-order valence-electron chi connectivity index (χ2n) is 4.88. The summed E-state index contributed by atoms with van der Waals surface area (Å²) in [5.41, 5.74) is 0.277. The molecule has 0 aliphatic rings. The van der Waals surface area contributed by atoms with Crippen LogP contribution in [0.1, 0.15) is 24.2 Å². The number of nitrogens with zero attached hydrogens (tertiary/aromatic N) is 1. The monoisotopic (exact) mass is 244 g/mol. The Morgan fingerprint density at radius 3 is 2.78 bits per heavy atom. The molecule has 0 bridgehead atoms. The molecule has 1 amide bonds. The maximum absolute atomic E-state index is 12.0. The van der Waals surface area contributed by atoms with E-state index < -0.39 is 5.60 Å². The Morgan fingerprint density at radius 1 is 1.33 bits per heavy atom. The van der Waals surface area contributed by atoms with Crippen molar-refractivity contribution in [3.63, 3.8) is 0 Å². The van der Waals surface area contributed by atoms with Crippen molar-refractivity contribution in [2.45, 2.75) is 19.4 Å². The second-order valence-corrected chi connectivity index (χ2v) is 4.88. The number of hydrogen-bond acceptors (Lipinski definition) is 3. The minimum absolute atomic E-state index is 0.203. The number of benzene rings is 1. The highest BCUT2D eigenvalue weighted by molar-refractivity contribution is 6.05. The van der Waals surface area contributed by atoms with Gasteiger partial charge in [-0.25, -0.2) is 0 Å². The molecule has 0 saturated heterocycles. The predicted octanol–water partition coefficient (Wildman–Crippen LogP) is 1.74. The molecule has 1 aromatic carbocycles. The minimum atomic E-state index is -0.923. The lowest BCUT2D eigenvalue weighted by molar-refractivity contribution is 0.0695. The fourth-order valence-corrected chi connectivity index (χ4v) is 1.68. The molecule has 1 aromatic heterocycles. The molecule has 2 N–H and O–H groups in total. The molecule has 4 nitrogen and oxygen atoms in total. The third-order valence-corrected chi connectivity index (χ3v) is 2.56. The van der Waals surface area contributed by atoms with Gasteiger partial charge in [0.25, 0.3) is 5.91 Å². The standard InChI is InChI=1S/C14H16N2O2/c1-14(2,18)9-16-13(17)11-7-3-5-10-6-4-8-15-12(10)11/h3-8,18H,9H2,1-2H3,(H,16,17). The fraction of sp³-hybridized carbons (Fsp3) is 0.286. The summed E-state index contributed by atoms with van der Waals surface area (Å²) in [4.78, 5) is 16.3. The van der Waals surface area contributed by atoms with E-state index in [2.05, 4.69) is 10.3 Å². The highest BCUT2D eigenvalue weighted by atomic mass is 16.3. The van der Waals surface area contributed by atoms with Gasteiger partial charge in [0.15, 0.2) is 0 Å². The van der Waals surface area contributed by atoms with Gasteiger partial charge in [0, 0.05) is 18.1 Å². The minimum Gasteiger partial charge on any atom is -0.389 e. The molecule has 0 aliphatic heterocycles. The molecule has 0 aliphatic carbocycles. The zero-order chi connectivity index (χ0) is 13.2. The van der Waals surface area contributed by atoms with E-state index in [9.17, 15) is 9.90 Å². The van der Waals surface area contributed by atoms with Crippen LogP contribution < -0.4 is 5.32 Å². The van der Waals surface area contributed by atoms with Crippen LogP contribution >= 0.6 is 0 Å². The zero-order valence-corrected chi connectivity index (χ0v) is 10.5. The van der Waals surface area contributed by atoms with Crippen LogP contribution in [-0.2, 0) is 0 Å². The smallest absolute Gasteiger partial charge is 0.253 e. The van der Waals surface area contributed by atoms with Crippen molar-refractivity contribution < 1.29 is 9.90 Å². The Morgan fingerprint density at radius 2 is 2.06 bits per heavy atom. The number of carbonyl (C=O) groups excluding carboxylic acids is 1. The maximum atomic E-state index is 12.0. The number of nitrogens with one attached hydrogen (secondary N) is 1. The molecular formula is C14H16N2O2. The molecule has 2 aromatic rings. The van der Waals surface area contributed by atoms with Gasteiger partial charge in [-0.15, -0.1) is 0 Å². The van der Waals surface area contributed by atoms with Crippen molar-refractivity contribution in [2.24, 2.45) is 0 Å². The Kier molecular flexibility index (Phi) is 3.30. The van der Waals surface area contributed by atoms with Gasteiger partial charge in [0.05, 0.1) is 16.7 Å². The first kappa shape index (κ1) is 12.5. The number of rotatable bonds is 3. The number of amides is 1. The number of carbonyl (C=O) groups is 1. The van der Waals surface area contributed by atoms with Gasteiger partial charge in [-0.1, -0.05) is 18.2 Å². The van der Waals surface area contributed by atoms with Crippen LogP contribution in [0.15, 0.2) is 36.5 Å². The predicted molar refractivity (Wildman–Crippen MR) is 70.4 cm³/mol. The topological polar surface area (TPSA) is 62.2 Å². The summed E-state index contributed by atoms with van der Waals surface area (Å²) in [6.45, 7) is 3.50. The van der Waals surface area contributed by atoms with Crippen molar-refractivity contribution in [3.05, 3.63) is 42.1 Å². The van der Waals surface area contributed by atoms with Crippen LogP contribution in [0.5, 0.6) is 0 Å². The van der Waals surface area contributed by atoms with E-state index in [0.717, 1.165) is 5.39 Å². The van der Waals surface area contributed by atoms with E-state index >= 15 is 0 Å². The zero-order valence-electron chi connectivity index (χ0n) is 10.5. The lowest BCUT2D eigenvalue weighted by Gasteiger charge is -2.17. The van der Waals surface area contributed by atoms with Gasteiger partial charge in [-0.3, -0.25) is 9.78 Å². The van der Waals surface area contributed by atoms with Crippen LogP contribution in [0.3, 0.4) is 0 Å². The Balaban J connectivity index is 2.28. The first-order chi connectivity index (χ1) is 8.47. The third-order valence-electron chi connectivity index (χ3n) is 2.56. The quantitative estimate of drug-likeness (QED) is 0.864. The van der Waals surface area contributed by atoms with Crippen molar-refractivity contribution >= 4 is 16.8 Å². The number of fused-ring (bicyclic) bond motifs is 1. The number of aromatic nitrogens is 1. The maximum Gasteiger partial charge on any atom is 0.253 e. The highest BCUT2D eigenvalue weighted by Crippen LogP contribution is 2.15. The lowest BCUT2D eigenvalue weighted by atomic mass is 10.1. The molecular weight excluding hydrogens is 228 g/mol. The summed E-state index contributed by atoms with van der Waals surface area (Å²) in [6.07, 6.45) is 1.66. The number of hydrogen-bond donors (Lipinski definition) is 2. The molecule has 0 saturated carbocycles. The molecule has 1 heterocycles. The summed E-state index contributed by atoms with van der Waals surface area (Å²) in [5, 5.41) is 13.2. The van der Waals surface area contributed by atoms with Gasteiger partial charge < -0.3 is 10.4 Å². The van der Waals surface area contributed by atoms with Crippen LogP contribution in [0.4, 0.5) is 0 Å². The molecule has 94 valence electrons. The first-order valence-corrected chi connectivity index (χ1v) is 5.82. The van der Waals surface area contributed by atoms with Crippen molar-refractivity contribution in [3.8, 4) is 0 Å². The molecule has 0 spiro atoms. The third kappa shape index (κ3) is 2.84. The highest BCUT2D eigenvalue weighted by Gasteiger charge is 2.16. The molecule has 0 radical (unpaired) electrons. The van der Waals surface area contributed by atoms with E-state index in [0.29, 0.717) is 11.1 Å². The van der Waals surface area contributed by atoms with E-state index in [1.165, 1.54) is 0 Å². The second kappa shape index (κ2) is 4.74.